The van der Waals surface area contributed by atoms with Crippen molar-refractivity contribution < 1.29 is 9.32 Å². The van der Waals surface area contributed by atoms with Gasteiger partial charge in [0.05, 0.1) is 16.6 Å². The number of fused-ring (bicyclic) bond motifs is 2. The number of hydrogen-bond acceptors (Lipinski definition) is 5. The van der Waals surface area contributed by atoms with Crippen molar-refractivity contribution in [3.63, 3.8) is 0 Å². The Hall–Kier alpha value is -2.82. The molecule has 0 amide bonds. The predicted molar refractivity (Wildman–Crippen MR) is 117 cm³/mol. The lowest BCUT2D eigenvalue weighted by molar-refractivity contribution is 0.104. The molecule has 150 valence electrons. The molecule has 3 aromatic rings. The summed E-state index contributed by atoms with van der Waals surface area (Å²) in [6.45, 7) is 10.8. The summed E-state index contributed by atoms with van der Waals surface area (Å²) in [6.07, 6.45) is 1.24. The number of nitrogens with one attached hydrogen (secondary N) is 1. The molecule has 5 heteroatoms. The third-order valence-electron chi connectivity index (χ3n) is 6.03. The Morgan fingerprint density at radius 3 is 2.52 bits per heavy atom. The topological polar surface area (TPSA) is 58.4 Å². The SMILES string of the molecule is CC1CC(C)CN(c2cc(NC(C)C)c3c4c(onc24)-c2ccccc2C3=O)C1. The fraction of sp³-hybridized carbons (Fsp3) is 0.417. The van der Waals surface area contributed by atoms with Crippen molar-refractivity contribution in [1.29, 1.82) is 0 Å². The molecule has 2 unspecified atom stereocenters. The van der Waals surface area contributed by atoms with Gasteiger partial charge < -0.3 is 14.7 Å². The molecule has 2 aromatic carbocycles. The Bertz CT molecular complexity index is 1100. The van der Waals surface area contributed by atoms with E-state index in [1.807, 2.05) is 24.3 Å². The highest BCUT2D eigenvalue weighted by Gasteiger charge is 2.34. The van der Waals surface area contributed by atoms with Gasteiger partial charge in [0.2, 0.25) is 0 Å². The van der Waals surface area contributed by atoms with E-state index < -0.39 is 0 Å². The molecule has 2 heterocycles. The van der Waals surface area contributed by atoms with E-state index in [2.05, 4.69) is 49.1 Å². The zero-order valence-corrected chi connectivity index (χ0v) is 17.5. The average molecular weight is 389 g/mol. The van der Waals surface area contributed by atoms with Crippen LogP contribution in [0.1, 0.15) is 50.0 Å². The second-order valence-electron chi connectivity index (χ2n) is 9.08. The van der Waals surface area contributed by atoms with Gasteiger partial charge in [-0.1, -0.05) is 43.3 Å². The molecule has 0 bridgehead atoms. The second kappa shape index (κ2) is 6.61. The monoisotopic (exact) mass is 389 g/mol. The molecule has 1 fully saturated rings. The zero-order valence-electron chi connectivity index (χ0n) is 17.5. The van der Waals surface area contributed by atoms with E-state index in [9.17, 15) is 4.79 Å². The molecule has 1 aromatic heterocycles. The molecule has 5 rings (SSSR count). The van der Waals surface area contributed by atoms with Crippen molar-refractivity contribution in [3.05, 3.63) is 41.5 Å². The van der Waals surface area contributed by atoms with Crippen LogP contribution in [0.25, 0.3) is 22.2 Å². The number of ketones is 1. The van der Waals surface area contributed by atoms with Crippen molar-refractivity contribution >= 4 is 28.1 Å². The molecular formula is C24H27N3O2. The highest BCUT2D eigenvalue weighted by Crippen LogP contribution is 2.46. The normalized spacial score (nSPS) is 21.0. The summed E-state index contributed by atoms with van der Waals surface area (Å²) in [5.74, 6) is 1.99. The van der Waals surface area contributed by atoms with Gasteiger partial charge in [-0.25, -0.2) is 0 Å². The van der Waals surface area contributed by atoms with Gasteiger partial charge in [-0.2, -0.15) is 0 Å². The number of rotatable bonds is 3. The Kier molecular flexibility index (Phi) is 4.16. The van der Waals surface area contributed by atoms with Gasteiger partial charge in [0.15, 0.2) is 11.5 Å². The third-order valence-corrected chi connectivity index (χ3v) is 6.03. The summed E-state index contributed by atoms with van der Waals surface area (Å²) in [5.41, 5.74) is 4.93. The Balaban J connectivity index is 1.78. The highest BCUT2D eigenvalue weighted by molar-refractivity contribution is 6.28. The fourth-order valence-electron chi connectivity index (χ4n) is 5.07. The maximum atomic E-state index is 13.5. The summed E-state index contributed by atoms with van der Waals surface area (Å²) in [5, 5.41) is 8.83. The molecule has 0 radical (unpaired) electrons. The molecule has 2 aliphatic rings. The number of benzene rings is 2. The van der Waals surface area contributed by atoms with Gasteiger partial charge in [0.1, 0.15) is 5.52 Å². The molecule has 1 aliphatic heterocycles. The molecule has 29 heavy (non-hydrogen) atoms. The number of piperidine rings is 1. The number of nitrogens with zero attached hydrogens (tertiary/aromatic N) is 2. The maximum Gasteiger partial charge on any atom is 0.196 e. The van der Waals surface area contributed by atoms with Gasteiger partial charge in [0, 0.05) is 35.9 Å². The van der Waals surface area contributed by atoms with Gasteiger partial charge in [-0.05, 0) is 38.2 Å². The number of carbonyl (C=O) groups is 1. The van der Waals surface area contributed by atoms with Crippen LogP contribution in [0, 0.1) is 11.8 Å². The Morgan fingerprint density at radius 2 is 1.83 bits per heavy atom. The lowest BCUT2D eigenvalue weighted by atomic mass is 9.85. The molecule has 0 spiro atoms. The molecule has 1 aliphatic carbocycles. The van der Waals surface area contributed by atoms with Crippen LogP contribution in [-0.4, -0.2) is 30.1 Å². The number of carbonyl (C=O) groups excluding carboxylic acids is 1. The summed E-state index contributed by atoms with van der Waals surface area (Å²) in [4.78, 5) is 15.9. The first kappa shape index (κ1) is 18.2. The summed E-state index contributed by atoms with van der Waals surface area (Å²) in [7, 11) is 0. The van der Waals surface area contributed by atoms with Crippen LogP contribution in [0.5, 0.6) is 0 Å². The van der Waals surface area contributed by atoms with Crippen molar-refractivity contribution in [1.82, 2.24) is 5.16 Å². The lowest BCUT2D eigenvalue weighted by Crippen LogP contribution is -2.39. The van der Waals surface area contributed by atoms with Crippen molar-refractivity contribution in [2.45, 2.75) is 40.2 Å². The van der Waals surface area contributed by atoms with Crippen LogP contribution >= 0.6 is 0 Å². The lowest BCUT2D eigenvalue weighted by Gasteiger charge is -2.37. The second-order valence-corrected chi connectivity index (χ2v) is 9.08. The minimum absolute atomic E-state index is 0.0383. The third kappa shape index (κ3) is 2.83. The molecule has 1 saturated heterocycles. The minimum Gasteiger partial charge on any atom is -0.382 e. The van der Waals surface area contributed by atoms with Gasteiger partial charge in [-0.15, -0.1) is 0 Å². The van der Waals surface area contributed by atoms with Crippen LogP contribution in [0.4, 0.5) is 11.4 Å². The summed E-state index contributed by atoms with van der Waals surface area (Å²) >= 11 is 0. The van der Waals surface area contributed by atoms with Crippen LogP contribution in [0.15, 0.2) is 34.9 Å². The molecular weight excluding hydrogens is 362 g/mol. The first-order valence-corrected chi connectivity index (χ1v) is 10.6. The van der Waals surface area contributed by atoms with E-state index >= 15 is 0 Å². The largest absolute Gasteiger partial charge is 0.382 e. The first-order chi connectivity index (χ1) is 13.9. The van der Waals surface area contributed by atoms with Crippen molar-refractivity contribution in [2.24, 2.45) is 11.8 Å². The molecule has 0 saturated carbocycles. The zero-order chi connectivity index (χ0) is 20.3. The Labute approximate surface area is 171 Å². The van der Waals surface area contributed by atoms with E-state index in [-0.39, 0.29) is 11.8 Å². The van der Waals surface area contributed by atoms with Crippen LogP contribution < -0.4 is 10.2 Å². The smallest absolute Gasteiger partial charge is 0.196 e. The molecule has 5 nitrogen and oxygen atoms in total. The highest BCUT2D eigenvalue weighted by atomic mass is 16.5. The van der Waals surface area contributed by atoms with Gasteiger partial charge >= 0.3 is 0 Å². The van der Waals surface area contributed by atoms with E-state index in [4.69, 9.17) is 4.52 Å². The van der Waals surface area contributed by atoms with E-state index in [1.54, 1.807) is 0 Å². The minimum atomic E-state index is 0.0383. The van der Waals surface area contributed by atoms with E-state index in [0.29, 0.717) is 28.7 Å². The maximum absolute atomic E-state index is 13.5. The van der Waals surface area contributed by atoms with Crippen molar-refractivity contribution in [2.75, 3.05) is 23.3 Å². The molecule has 2 atom stereocenters. The number of aromatic nitrogens is 1. The van der Waals surface area contributed by atoms with Crippen LogP contribution in [0.3, 0.4) is 0 Å². The summed E-state index contributed by atoms with van der Waals surface area (Å²) < 4.78 is 5.86. The average Bonchev–Trinajstić information content (AvgIpc) is 3.10. The first-order valence-electron chi connectivity index (χ1n) is 10.6. The Morgan fingerprint density at radius 1 is 1.14 bits per heavy atom. The summed E-state index contributed by atoms with van der Waals surface area (Å²) in [6, 6.07) is 9.98. The van der Waals surface area contributed by atoms with Gasteiger partial charge in [-0.3, -0.25) is 4.79 Å². The standard InChI is InChI=1S/C24H27N3O2/c1-13(2)25-18-10-19(27-11-14(3)9-15(4)12-27)22-21-20(18)23(28)16-7-5-6-8-17(16)24(21)29-26-22/h5-8,10,13-15,25H,9,11-12H2,1-4H3. The fourth-order valence-corrected chi connectivity index (χ4v) is 5.07. The van der Waals surface area contributed by atoms with Crippen LogP contribution in [-0.2, 0) is 0 Å². The van der Waals surface area contributed by atoms with Gasteiger partial charge in [0.25, 0.3) is 0 Å². The van der Waals surface area contributed by atoms with Crippen molar-refractivity contribution in [3.8, 4) is 11.3 Å². The predicted octanol–water partition coefficient (Wildman–Crippen LogP) is 5.34. The van der Waals surface area contributed by atoms with E-state index in [1.165, 1.54) is 6.42 Å². The number of hydrogen-bond donors (Lipinski definition) is 1. The quantitative estimate of drug-likeness (QED) is 0.512. The molecule has 1 N–H and O–H groups in total. The van der Waals surface area contributed by atoms with E-state index in [0.717, 1.165) is 40.9 Å². The van der Waals surface area contributed by atoms with Crippen LogP contribution in [0.2, 0.25) is 0 Å². The number of anilines is 2.